The van der Waals surface area contributed by atoms with Crippen LogP contribution < -0.4 is 10.6 Å². The third-order valence-electron chi connectivity index (χ3n) is 4.95. The highest BCUT2D eigenvalue weighted by Crippen LogP contribution is 2.28. The van der Waals surface area contributed by atoms with E-state index in [1.807, 2.05) is 13.0 Å². The number of hydrogen-bond donors (Lipinski definition) is 2. The monoisotopic (exact) mass is 439 g/mol. The van der Waals surface area contributed by atoms with Crippen molar-refractivity contribution < 1.29 is 17.6 Å². The summed E-state index contributed by atoms with van der Waals surface area (Å²) in [5.41, 5.74) is 0.278. The molecule has 29 heavy (non-hydrogen) atoms. The van der Waals surface area contributed by atoms with Crippen LogP contribution in [0.2, 0.25) is 5.02 Å². The third-order valence-corrected chi connectivity index (χ3v) is 7.18. The second kappa shape index (κ2) is 9.75. The lowest BCUT2D eigenvalue weighted by atomic mass is 10.2. The van der Waals surface area contributed by atoms with E-state index in [-0.39, 0.29) is 34.1 Å². The van der Waals surface area contributed by atoms with Crippen LogP contribution in [0.5, 0.6) is 0 Å². The lowest BCUT2D eigenvalue weighted by Gasteiger charge is -2.20. The van der Waals surface area contributed by atoms with Crippen molar-refractivity contribution in [1.82, 2.24) is 9.62 Å². The average Bonchev–Trinajstić information content (AvgIpc) is 3.09. The summed E-state index contributed by atoms with van der Waals surface area (Å²) in [7, 11) is -3.62. The van der Waals surface area contributed by atoms with Gasteiger partial charge in [-0.2, -0.15) is 4.31 Å². The van der Waals surface area contributed by atoms with E-state index in [1.54, 1.807) is 12.3 Å². The van der Waals surface area contributed by atoms with Crippen molar-refractivity contribution in [3.63, 3.8) is 0 Å². The molecule has 0 spiro atoms. The van der Waals surface area contributed by atoms with Gasteiger partial charge in [0.15, 0.2) is 0 Å². The van der Waals surface area contributed by atoms with Gasteiger partial charge >= 0.3 is 0 Å². The van der Waals surface area contributed by atoms with Gasteiger partial charge in [-0.25, -0.2) is 8.42 Å². The number of benzene rings is 1. The second-order valence-corrected chi connectivity index (χ2v) is 9.47. The van der Waals surface area contributed by atoms with E-state index in [1.165, 1.54) is 22.5 Å². The first kappa shape index (κ1) is 21.8. The fraction of sp³-hybridized carbons (Fsp3) is 0.450. The Balaban J connectivity index is 1.67. The van der Waals surface area contributed by atoms with Crippen LogP contribution in [0.4, 0.5) is 5.69 Å². The Labute approximate surface area is 176 Å². The van der Waals surface area contributed by atoms with Crippen LogP contribution in [0.1, 0.15) is 44.4 Å². The van der Waals surface area contributed by atoms with Crippen molar-refractivity contribution in [3.8, 4) is 0 Å². The minimum atomic E-state index is -3.62. The third kappa shape index (κ3) is 5.60. The van der Waals surface area contributed by atoms with Crippen LogP contribution >= 0.6 is 11.6 Å². The summed E-state index contributed by atoms with van der Waals surface area (Å²) in [6.07, 6.45) is 5.37. The van der Waals surface area contributed by atoms with E-state index in [4.69, 9.17) is 16.0 Å². The quantitative estimate of drug-likeness (QED) is 0.684. The average molecular weight is 440 g/mol. The second-order valence-electron chi connectivity index (χ2n) is 7.13. The number of sulfonamides is 1. The number of rotatable bonds is 7. The number of hydrogen-bond acceptors (Lipinski definition) is 5. The highest BCUT2D eigenvalue weighted by molar-refractivity contribution is 7.89. The summed E-state index contributed by atoms with van der Waals surface area (Å²) in [6, 6.07) is 7.88. The molecule has 1 amide bonds. The summed E-state index contributed by atoms with van der Waals surface area (Å²) in [6.45, 7) is 2.94. The molecular weight excluding hydrogens is 414 g/mol. The first-order chi connectivity index (χ1) is 13.9. The number of carbonyl (C=O) groups excluding carboxylic acids is 1. The molecule has 1 fully saturated rings. The summed E-state index contributed by atoms with van der Waals surface area (Å²) in [5, 5.41) is 6.03. The van der Waals surface area contributed by atoms with Gasteiger partial charge in [0, 0.05) is 13.1 Å². The van der Waals surface area contributed by atoms with E-state index in [9.17, 15) is 13.2 Å². The van der Waals surface area contributed by atoms with Gasteiger partial charge in [0.25, 0.3) is 0 Å². The minimum Gasteiger partial charge on any atom is -0.468 e. The Bertz CT molecular complexity index is 923. The number of carbonyl (C=O) groups is 1. The fourth-order valence-electron chi connectivity index (χ4n) is 3.27. The summed E-state index contributed by atoms with van der Waals surface area (Å²) < 4.78 is 32.8. The standard InChI is InChI=1S/C20H26ClN3O4S/c1-15(19-7-6-12-28-19)22-14-20(25)23-18-13-16(8-9-17(18)21)29(26,27)24-10-4-2-3-5-11-24/h6-9,12-13,15,22H,2-5,10-11,14H2,1H3,(H,23,25). The van der Waals surface area contributed by atoms with Gasteiger partial charge in [0.05, 0.1) is 34.5 Å². The van der Waals surface area contributed by atoms with Crippen LogP contribution in [-0.4, -0.2) is 38.3 Å². The van der Waals surface area contributed by atoms with E-state index in [2.05, 4.69) is 10.6 Å². The lowest BCUT2D eigenvalue weighted by Crippen LogP contribution is -2.32. The number of nitrogens with zero attached hydrogens (tertiary/aromatic N) is 1. The maximum absolute atomic E-state index is 13.0. The van der Waals surface area contributed by atoms with Gasteiger partial charge in [0.1, 0.15) is 5.76 Å². The molecule has 0 bridgehead atoms. The van der Waals surface area contributed by atoms with Gasteiger partial charge in [-0.1, -0.05) is 24.4 Å². The van der Waals surface area contributed by atoms with E-state index < -0.39 is 10.0 Å². The van der Waals surface area contributed by atoms with Crippen molar-refractivity contribution in [2.75, 3.05) is 25.0 Å². The Hall–Kier alpha value is -1.87. The van der Waals surface area contributed by atoms with Crippen molar-refractivity contribution >= 4 is 33.2 Å². The maximum Gasteiger partial charge on any atom is 0.243 e. The summed E-state index contributed by atoms with van der Waals surface area (Å²) in [5.74, 6) is 0.399. The Morgan fingerprint density at radius 1 is 1.21 bits per heavy atom. The zero-order chi connectivity index (χ0) is 20.9. The van der Waals surface area contributed by atoms with Crippen LogP contribution in [0.3, 0.4) is 0 Å². The molecule has 158 valence electrons. The minimum absolute atomic E-state index is 0.0291. The molecule has 2 heterocycles. The molecule has 1 unspecified atom stereocenters. The number of amides is 1. The Kier molecular flexibility index (Phi) is 7.34. The van der Waals surface area contributed by atoms with Crippen molar-refractivity contribution in [3.05, 3.63) is 47.4 Å². The summed E-state index contributed by atoms with van der Waals surface area (Å²) in [4.78, 5) is 12.5. The van der Waals surface area contributed by atoms with E-state index in [0.29, 0.717) is 13.1 Å². The van der Waals surface area contributed by atoms with Gasteiger partial charge in [-0.15, -0.1) is 0 Å². The SMILES string of the molecule is CC(NCC(=O)Nc1cc(S(=O)(=O)N2CCCCCC2)ccc1Cl)c1ccco1. The first-order valence-electron chi connectivity index (χ1n) is 9.74. The number of nitrogens with one attached hydrogen (secondary N) is 2. The van der Waals surface area contributed by atoms with Crippen molar-refractivity contribution in [2.45, 2.75) is 43.5 Å². The molecule has 1 atom stereocenters. The molecule has 3 rings (SSSR count). The first-order valence-corrected chi connectivity index (χ1v) is 11.6. The molecule has 2 N–H and O–H groups in total. The molecule has 9 heteroatoms. The molecule has 1 aliphatic rings. The highest BCUT2D eigenvalue weighted by Gasteiger charge is 2.26. The molecule has 1 aliphatic heterocycles. The molecule has 0 radical (unpaired) electrons. The molecule has 1 aromatic carbocycles. The topological polar surface area (TPSA) is 91.7 Å². The molecule has 0 aliphatic carbocycles. The van der Waals surface area contributed by atoms with Crippen molar-refractivity contribution in [2.24, 2.45) is 0 Å². The number of anilines is 1. The normalized spacial score (nSPS) is 16.9. The highest BCUT2D eigenvalue weighted by atomic mass is 35.5. The molecule has 0 saturated carbocycles. The number of furan rings is 1. The van der Waals surface area contributed by atoms with E-state index in [0.717, 1.165) is 31.4 Å². The van der Waals surface area contributed by atoms with Crippen LogP contribution in [0, 0.1) is 0 Å². The molecule has 1 saturated heterocycles. The smallest absolute Gasteiger partial charge is 0.243 e. The number of halogens is 1. The van der Waals surface area contributed by atoms with Gasteiger partial charge in [-0.05, 0) is 50.1 Å². The van der Waals surface area contributed by atoms with E-state index >= 15 is 0 Å². The lowest BCUT2D eigenvalue weighted by molar-refractivity contribution is -0.115. The fourth-order valence-corrected chi connectivity index (χ4v) is 4.98. The van der Waals surface area contributed by atoms with Gasteiger partial charge < -0.3 is 9.73 Å². The van der Waals surface area contributed by atoms with Crippen LogP contribution in [0.15, 0.2) is 45.9 Å². The maximum atomic E-state index is 13.0. The molecule has 1 aromatic heterocycles. The Morgan fingerprint density at radius 3 is 2.59 bits per heavy atom. The van der Waals surface area contributed by atoms with Crippen LogP contribution in [-0.2, 0) is 14.8 Å². The molecule has 7 nitrogen and oxygen atoms in total. The van der Waals surface area contributed by atoms with Gasteiger partial charge in [-0.3, -0.25) is 10.1 Å². The largest absolute Gasteiger partial charge is 0.468 e. The molecular formula is C20H26ClN3O4S. The zero-order valence-electron chi connectivity index (χ0n) is 16.4. The van der Waals surface area contributed by atoms with Crippen molar-refractivity contribution in [1.29, 1.82) is 0 Å². The predicted octanol–water partition coefficient (Wildman–Crippen LogP) is 3.79. The zero-order valence-corrected chi connectivity index (χ0v) is 17.9. The summed E-state index contributed by atoms with van der Waals surface area (Å²) >= 11 is 6.19. The Morgan fingerprint density at radius 2 is 1.93 bits per heavy atom. The predicted molar refractivity (Wildman–Crippen MR) is 112 cm³/mol. The molecule has 2 aromatic rings. The van der Waals surface area contributed by atoms with Crippen LogP contribution in [0.25, 0.3) is 0 Å². The van der Waals surface area contributed by atoms with Gasteiger partial charge in [0.2, 0.25) is 15.9 Å².